The van der Waals surface area contributed by atoms with Gasteiger partial charge in [-0.15, -0.1) is 0 Å². The van der Waals surface area contributed by atoms with Gasteiger partial charge in [-0.3, -0.25) is 14.6 Å². The number of hydrogen-bond acceptors (Lipinski definition) is 6. The third-order valence-electron chi connectivity index (χ3n) is 3.80. The molecule has 130 valence electrons. The number of ether oxygens (including phenoxy) is 1. The summed E-state index contributed by atoms with van der Waals surface area (Å²) >= 11 is 1.01. The van der Waals surface area contributed by atoms with E-state index >= 15 is 0 Å². The number of aromatic nitrogens is 1. The highest BCUT2D eigenvalue weighted by Gasteiger charge is 2.31. The summed E-state index contributed by atoms with van der Waals surface area (Å²) in [6.45, 7) is 2.16. The molecule has 0 bridgehead atoms. The standard InChI is InChI=1S/C18H18N2O4S/c1-12(21)13-2-3-14(19-10-13)8-9-24-16-6-4-15(5-7-16)20-17(22)11-25-18(20)23/h2-7,10,12,21H,8-9,11H2,1H3. The van der Waals surface area contributed by atoms with Crippen LogP contribution in [0.2, 0.25) is 0 Å². The molecule has 1 aromatic heterocycles. The van der Waals surface area contributed by atoms with Crippen molar-refractivity contribution in [3.8, 4) is 5.75 Å². The van der Waals surface area contributed by atoms with E-state index in [1.165, 1.54) is 4.90 Å². The maximum Gasteiger partial charge on any atom is 0.293 e. The van der Waals surface area contributed by atoms with E-state index in [0.29, 0.717) is 24.5 Å². The lowest BCUT2D eigenvalue weighted by molar-refractivity contribution is -0.115. The minimum absolute atomic E-state index is 0.192. The van der Waals surface area contributed by atoms with E-state index in [9.17, 15) is 14.7 Å². The van der Waals surface area contributed by atoms with Gasteiger partial charge in [0.2, 0.25) is 5.91 Å². The molecule has 0 spiro atoms. The van der Waals surface area contributed by atoms with Crippen LogP contribution in [0.4, 0.5) is 10.5 Å². The van der Waals surface area contributed by atoms with E-state index in [1.807, 2.05) is 12.1 Å². The number of amides is 2. The van der Waals surface area contributed by atoms with Gasteiger partial charge in [0, 0.05) is 18.3 Å². The van der Waals surface area contributed by atoms with Crippen LogP contribution in [0.5, 0.6) is 5.75 Å². The average molecular weight is 358 g/mol. The number of carbonyl (C=O) groups excluding carboxylic acids is 2. The minimum atomic E-state index is -0.524. The van der Waals surface area contributed by atoms with Crippen LogP contribution < -0.4 is 9.64 Å². The van der Waals surface area contributed by atoms with Gasteiger partial charge < -0.3 is 9.84 Å². The number of carbonyl (C=O) groups is 2. The van der Waals surface area contributed by atoms with E-state index in [0.717, 1.165) is 23.0 Å². The number of thioether (sulfide) groups is 1. The summed E-state index contributed by atoms with van der Waals surface area (Å²) in [5, 5.41) is 9.22. The number of nitrogens with zero attached hydrogens (tertiary/aromatic N) is 2. The summed E-state index contributed by atoms with van der Waals surface area (Å²) in [5.74, 6) is 0.657. The van der Waals surface area contributed by atoms with Crippen LogP contribution in [0.15, 0.2) is 42.6 Å². The molecule has 0 aliphatic carbocycles. The Morgan fingerprint density at radius 3 is 2.56 bits per heavy atom. The van der Waals surface area contributed by atoms with Crippen LogP contribution in [-0.4, -0.2) is 33.6 Å². The molecule has 1 aliphatic heterocycles. The van der Waals surface area contributed by atoms with Gasteiger partial charge in [0.1, 0.15) is 5.75 Å². The van der Waals surface area contributed by atoms with Crippen molar-refractivity contribution in [1.29, 1.82) is 0 Å². The van der Waals surface area contributed by atoms with Crippen LogP contribution in [0.1, 0.15) is 24.3 Å². The average Bonchev–Trinajstić information content (AvgIpc) is 2.95. The number of benzene rings is 1. The van der Waals surface area contributed by atoms with Crippen molar-refractivity contribution in [3.63, 3.8) is 0 Å². The smallest absolute Gasteiger partial charge is 0.293 e. The summed E-state index contributed by atoms with van der Waals surface area (Å²) in [6.07, 6.45) is 1.78. The highest BCUT2D eigenvalue weighted by atomic mass is 32.2. The van der Waals surface area contributed by atoms with Crippen LogP contribution in [-0.2, 0) is 11.2 Å². The zero-order valence-corrected chi connectivity index (χ0v) is 14.5. The normalized spacial score (nSPS) is 15.5. The second kappa shape index (κ2) is 7.67. The molecule has 1 aromatic carbocycles. The fraction of sp³-hybridized carbons (Fsp3) is 0.278. The van der Waals surface area contributed by atoms with E-state index in [1.54, 1.807) is 37.4 Å². The first-order chi connectivity index (χ1) is 12.0. The molecule has 6 nitrogen and oxygen atoms in total. The lowest BCUT2D eigenvalue weighted by Crippen LogP contribution is -2.27. The Bertz CT molecular complexity index is 744. The van der Waals surface area contributed by atoms with Gasteiger partial charge in [-0.05, 0) is 42.8 Å². The molecule has 25 heavy (non-hydrogen) atoms. The van der Waals surface area contributed by atoms with Gasteiger partial charge in [0.15, 0.2) is 0 Å². The van der Waals surface area contributed by atoms with Crippen molar-refractivity contribution in [3.05, 3.63) is 53.9 Å². The molecule has 2 heterocycles. The monoisotopic (exact) mass is 358 g/mol. The number of aliphatic hydroxyl groups excluding tert-OH is 1. The van der Waals surface area contributed by atoms with Crippen molar-refractivity contribution < 1.29 is 19.4 Å². The predicted molar refractivity (Wildman–Crippen MR) is 95.9 cm³/mol. The van der Waals surface area contributed by atoms with Crippen molar-refractivity contribution in [2.45, 2.75) is 19.4 Å². The molecule has 2 amide bonds. The zero-order chi connectivity index (χ0) is 17.8. The molecule has 1 saturated heterocycles. The van der Waals surface area contributed by atoms with Crippen LogP contribution in [0.3, 0.4) is 0 Å². The summed E-state index contributed by atoms with van der Waals surface area (Å²) < 4.78 is 5.68. The van der Waals surface area contributed by atoms with E-state index in [2.05, 4.69) is 4.98 Å². The molecule has 1 fully saturated rings. The quantitative estimate of drug-likeness (QED) is 0.855. The van der Waals surface area contributed by atoms with Gasteiger partial charge in [0.05, 0.1) is 24.2 Å². The van der Waals surface area contributed by atoms with Crippen LogP contribution >= 0.6 is 11.8 Å². The van der Waals surface area contributed by atoms with E-state index < -0.39 is 6.10 Å². The summed E-state index contributed by atoms with van der Waals surface area (Å²) in [4.78, 5) is 28.8. The largest absolute Gasteiger partial charge is 0.493 e. The van der Waals surface area contributed by atoms with E-state index in [4.69, 9.17) is 4.74 Å². The highest BCUT2D eigenvalue weighted by Crippen LogP contribution is 2.27. The molecule has 1 unspecified atom stereocenters. The first-order valence-corrected chi connectivity index (χ1v) is 8.88. The van der Waals surface area contributed by atoms with Crippen LogP contribution in [0, 0.1) is 0 Å². The summed E-state index contributed by atoms with van der Waals surface area (Å²) in [6, 6.07) is 10.6. The molecular weight excluding hydrogens is 340 g/mol. The molecular formula is C18H18N2O4S. The van der Waals surface area contributed by atoms with Gasteiger partial charge >= 0.3 is 0 Å². The first-order valence-electron chi connectivity index (χ1n) is 7.90. The lowest BCUT2D eigenvalue weighted by Gasteiger charge is -2.13. The number of pyridine rings is 1. The molecule has 1 atom stereocenters. The second-order valence-corrected chi connectivity index (χ2v) is 6.56. The number of anilines is 1. The molecule has 2 aromatic rings. The molecule has 1 N–H and O–H groups in total. The maximum absolute atomic E-state index is 11.7. The first kappa shape index (κ1) is 17.4. The van der Waals surface area contributed by atoms with Gasteiger partial charge in [-0.2, -0.15) is 0 Å². The predicted octanol–water partition coefficient (Wildman–Crippen LogP) is 2.96. The Morgan fingerprint density at radius 1 is 1.24 bits per heavy atom. The Morgan fingerprint density at radius 2 is 2.00 bits per heavy atom. The van der Waals surface area contributed by atoms with Gasteiger partial charge in [-0.1, -0.05) is 17.8 Å². The highest BCUT2D eigenvalue weighted by molar-refractivity contribution is 8.15. The van der Waals surface area contributed by atoms with Gasteiger partial charge in [-0.25, -0.2) is 4.90 Å². The van der Waals surface area contributed by atoms with Crippen LogP contribution in [0.25, 0.3) is 0 Å². The molecule has 7 heteroatoms. The summed E-state index contributed by atoms with van der Waals surface area (Å²) in [5.41, 5.74) is 2.22. The molecule has 0 radical (unpaired) electrons. The zero-order valence-electron chi connectivity index (χ0n) is 13.7. The number of imide groups is 1. The number of aliphatic hydroxyl groups is 1. The number of rotatable bonds is 6. The third-order valence-corrected chi connectivity index (χ3v) is 4.62. The van der Waals surface area contributed by atoms with Crippen molar-refractivity contribution in [2.24, 2.45) is 0 Å². The van der Waals surface area contributed by atoms with Crippen molar-refractivity contribution in [1.82, 2.24) is 4.98 Å². The van der Waals surface area contributed by atoms with Gasteiger partial charge in [0.25, 0.3) is 5.24 Å². The lowest BCUT2D eigenvalue weighted by atomic mass is 10.1. The topological polar surface area (TPSA) is 79.7 Å². The van der Waals surface area contributed by atoms with E-state index in [-0.39, 0.29) is 16.9 Å². The van der Waals surface area contributed by atoms with Crippen molar-refractivity contribution in [2.75, 3.05) is 17.3 Å². The second-order valence-electron chi connectivity index (χ2n) is 5.63. The Labute approximate surface area is 149 Å². The number of hydrogen-bond donors (Lipinski definition) is 1. The third kappa shape index (κ3) is 4.18. The molecule has 1 aliphatic rings. The fourth-order valence-corrected chi connectivity index (χ4v) is 3.11. The summed E-state index contributed by atoms with van der Waals surface area (Å²) in [7, 11) is 0. The fourth-order valence-electron chi connectivity index (χ4n) is 2.40. The Balaban J connectivity index is 1.53. The Hall–Kier alpha value is -2.38. The molecule has 3 rings (SSSR count). The maximum atomic E-state index is 11.7. The SMILES string of the molecule is CC(O)c1ccc(CCOc2ccc(N3C(=O)CSC3=O)cc2)nc1. The minimum Gasteiger partial charge on any atom is -0.493 e. The van der Waals surface area contributed by atoms with Crippen molar-refractivity contribution >= 4 is 28.6 Å². The Kier molecular flexibility index (Phi) is 5.35. The molecule has 0 saturated carbocycles.